The molecule has 1 heterocycles. The first-order valence-electron chi connectivity index (χ1n) is 8.12. The molecular weight excluding hydrogens is 328 g/mol. The molecule has 1 saturated heterocycles. The van der Waals surface area contributed by atoms with Crippen molar-refractivity contribution in [2.45, 2.75) is 12.5 Å². The number of ether oxygens (including phenoxy) is 2. The summed E-state index contributed by atoms with van der Waals surface area (Å²) in [4.78, 5) is 14.1. The van der Waals surface area contributed by atoms with E-state index in [0.717, 1.165) is 5.56 Å². The number of amides is 1. The predicted molar refractivity (Wildman–Crippen MR) is 88.3 cm³/mol. The molecule has 2 aromatic carbocycles. The van der Waals surface area contributed by atoms with E-state index in [0.29, 0.717) is 25.4 Å². The van der Waals surface area contributed by atoms with Crippen LogP contribution in [0.3, 0.4) is 0 Å². The van der Waals surface area contributed by atoms with Crippen LogP contribution >= 0.6 is 0 Å². The lowest BCUT2D eigenvalue weighted by molar-refractivity contribution is -0.139. The van der Waals surface area contributed by atoms with Gasteiger partial charge in [0.2, 0.25) is 5.91 Å². The maximum absolute atomic E-state index is 12.9. The first-order valence-corrected chi connectivity index (χ1v) is 8.12. The summed E-state index contributed by atoms with van der Waals surface area (Å²) in [5.41, 5.74) is 0.775. The van der Waals surface area contributed by atoms with Crippen LogP contribution in [-0.4, -0.2) is 43.2 Å². The van der Waals surface area contributed by atoms with Crippen molar-refractivity contribution in [3.05, 3.63) is 65.7 Å². The van der Waals surface area contributed by atoms with Crippen LogP contribution in [0, 0.1) is 11.6 Å². The summed E-state index contributed by atoms with van der Waals surface area (Å²) in [7, 11) is 0. The molecule has 6 heteroatoms. The Morgan fingerprint density at radius 3 is 2.40 bits per heavy atom. The molecule has 132 valence electrons. The number of hydrogen-bond donors (Lipinski definition) is 0. The summed E-state index contributed by atoms with van der Waals surface area (Å²) in [6.07, 6.45) is -0.0118. The van der Waals surface area contributed by atoms with Crippen molar-refractivity contribution in [2.24, 2.45) is 0 Å². The second-order valence-electron chi connectivity index (χ2n) is 5.90. The summed E-state index contributed by atoms with van der Waals surface area (Å²) in [6.45, 7) is 1.67. The molecule has 1 fully saturated rings. The van der Waals surface area contributed by atoms with Gasteiger partial charge < -0.3 is 14.4 Å². The molecule has 4 nitrogen and oxygen atoms in total. The van der Waals surface area contributed by atoms with E-state index in [4.69, 9.17) is 9.47 Å². The van der Waals surface area contributed by atoms with E-state index in [1.54, 1.807) is 29.2 Å². The fraction of sp³-hybridized carbons (Fsp3) is 0.316. The minimum Gasteiger partial charge on any atom is -0.491 e. The fourth-order valence-electron chi connectivity index (χ4n) is 2.66. The number of carbonyl (C=O) groups excluding carboxylic acids is 1. The smallest absolute Gasteiger partial charge is 0.227 e. The van der Waals surface area contributed by atoms with Gasteiger partial charge in [0.25, 0.3) is 0 Å². The zero-order valence-corrected chi connectivity index (χ0v) is 13.7. The van der Waals surface area contributed by atoms with Crippen molar-refractivity contribution in [1.29, 1.82) is 0 Å². The van der Waals surface area contributed by atoms with Crippen molar-refractivity contribution >= 4 is 5.91 Å². The van der Waals surface area contributed by atoms with E-state index in [-0.39, 0.29) is 36.7 Å². The van der Waals surface area contributed by atoms with E-state index < -0.39 is 0 Å². The molecule has 0 aromatic heterocycles. The number of carbonyl (C=O) groups is 1. The summed E-state index contributed by atoms with van der Waals surface area (Å²) in [5.74, 6) is -0.110. The molecule has 1 unspecified atom stereocenters. The Labute approximate surface area is 145 Å². The zero-order valence-electron chi connectivity index (χ0n) is 13.7. The van der Waals surface area contributed by atoms with Gasteiger partial charge in [-0.3, -0.25) is 4.79 Å². The van der Waals surface area contributed by atoms with Crippen LogP contribution in [0.4, 0.5) is 8.78 Å². The van der Waals surface area contributed by atoms with Gasteiger partial charge in [-0.15, -0.1) is 0 Å². The third kappa shape index (κ3) is 5.00. The summed E-state index contributed by atoms with van der Waals surface area (Å²) in [6, 6.07) is 11.7. The van der Waals surface area contributed by atoms with Gasteiger partial charge in [0.15, 0.2) is 0 Å². The highest BCUT2D eigenvalue weighted by Crippen LogP contribution is 2.14. The third-order valence-corrected chi connectivity index (χ3v) is 4.01. The molecule has 0 bridgehead atoms. The first kappa shape index (κ1) is 17.4. The molecule has 0 spiro atoms. The molecule has 3 rings (SSSR count). The lowest BCUT2D eigenvalue weighted by Gasteiger charge is -2.33. The number of benzene rings is 2. The van der Waals surface area contributed by atoms with E-state index in [1.165, 1.54) is 24.3 Å². The summed E-state index contributed by atoms with van der Waals surface area (Å²) < 4.78 is 37.0. The van der Waals surface area contributed by atoms with Crippen molar-refractivity contribution in [2.75, 3.05) is 26.3 Å². The average Bonchev–Trinajstić information content (AvgIpc) is 2.63. The van der Waals surface area contributed by atoms with E-state index in [2.05, 4.69) is 0 Å². The Hall–Kier alpha value is -2.47. The molecule has 25 heavy (non-hydrogen) atoms. The zero-order chi connectivity index (χ0) is 17.6. The Balaban J connectivity index is 1.50. The van der Waals surface area contributed by atoms with Crippen LogP contribution in [0.25, 0.3) is 0 Å². The Morgan fingerprint density at radius 1 is 1.08 bits per heavy atom. The van der Waals surface area contributed by atoms with Gasteiger partial charge >= 0.3 is 0 Å². The quantitative estimate of drug-likeness (QED) is 0.835. The standard InChI is InChI=1S/C19H19F2NO3/c20-15-3-1-14(2-4-15)11-19(23)22-9-10-24-18(12-22)13-25-17-7-5-16(21)6-8-17/h1-8,18H,9-13H2. The molecule has 2 aromatic rings. The van der Waals surface area contributed by atoms with Crippen molar-refractivity contribution < 1.29 is 23.0 Å². The molecule has 1 aliphatic rings. The molecule has 0 saturated carbocycles. The first-order chi connectivity index (χ1) is 12.1. The van der Waals surface area contributed by atoms with Gasteiger partial charge in [0.05, 0.1) is 19.6 Å². The Bertz CT molecular complexity index is 704. The predicted octanol–water partition coefficient (Wildman–Crippen LogP) is 2.81. The maximum Gasteiger partial charge on any atom is 0.227 e. The van der Waals surface area contributed by atoms with Crippen molar-refractivity contribution in [1.82, 2.24) is 4.90 Å². The lowest BCUT2D eigenvalue weighted by Crippen LogP contribution is -2.48. The number of hydrogen-bond acceptors (Lipinski definition) is 3. The van der Waals surface area contributed by atoms with E-state index in [1.807, 2.05) is 0 Å². The van der Waals surface area contributed by atoms with Crippen LogP contribution in [0.15, 0.2) is 48.5 Å². The van der Waals surface area contributed by atoms with E-state index in [9.17, 15) is 13.6 Å². The number of rotatable bonds is 5. The van der Waals surface area contributed by atoms with Gasteiger partial charge in [-0.25, -0.2) is 8.78 Å². The molecule has 1 atom stereocenters. The largest absolute Gasteiger partial charge is 0.491 e. The number of morpholine rings is 1. The van der Waals surface area contributed by atoms with Crippen molar-refractivity contribution in [3.8, 4) is 5.75 Å². The summed E-state index contributed by atoms with van der Waals surface area (Å²) >= 11 is 0. The topological polar surface area (TPSA) is 38.8 Å². The molecule has 0 aliphatic carbocycles. The van der Waals surface area contributed by atoms with Gasteiger partial charge in [-0.2, -0.15) is 0 Å². The second kappa shape index (κ2) is 8.07. The summed E-state index contributed by atoms with van der Waals surface area (Å²) in [5, 5.41) is 0. The monoisotopic (exact) mass is 347 g/mol. The van der Waals surface area contributed by atoms with Crippen LogP contribution in [0.5, 0.6) is 5.75 Å². The number of nitrogens with zero attached hydrogens (tertiary/aromatic N) is 1. The van der Waals surface area contributed by atoms with Crippen LogP contribution in [-0.2, 0) is 16.0 Å². The molecule has 1 amide bonds. The average molecular weight is 347 g/mol. The SMILES string of the molecule is O=C(Cc1ccc(F)cc1)N1CCOC(COc2ccc(F)cc2)C1. The third-order valence-electron chi connectivity index (χ3n) is 4.01. The maximum atomic E-state index is 12.9. The van der Waals surface area contributed by atoms with Gasteiger partial charge in [0, 0.05) is 6.54 Å². The lowest BCUT2D eigenvalue weighted by atomic mass is 10.1. The minimum atomic E-state index is -0.321. The number of halogens is 2. The van der Waals surface area contributed by atoms with Gasteiger partial charge in [-0.05, 0) is 42.0 Å². The normalized spacial score (nSPS) is 17.4. The highest BCUT2D eigenvalue weighted by molar-refractivity contribution is 5.78. The fourth-order valence-corrected chi connectivity index (χ4v) is 2.66. The van der Waals surface area contributed by atoms with E-state index >= 15 is 0 Å². The van der Waals surface area contributed by atoms with Crippen LogP contribution in [0.1, 0.15) is 5.56 Å². The second-order valence-corrected chi connectivity index (χ2v) is 5.90. The minimum absolute atomic E-state index is 0.0262. The molecular formula is C19H19F2NO3. The highest BCUT2D eigenvalue weighted by atomic mass is 19.1. The Morgan fingerprint density at radius 2 is 1.72 bits per heavy atom. The van der Waals surface area contributed by atoms with Crippen LogP contribution < -0.4 is 4.74 Å². The molecule has 0 N–H and O–H groups in total. The Kier molecular flexibility index (Phi) is 5.60. The van der Waals surface area contributed by atoms with Gasteiger partial charge in [0.1, 0.15) is 30.1 Å². The van der Waals surface area contributed by atoms with Gasteiger partial charge in [-0.1, -0.05) is 12.1 Å². The molecule has 1 aliphatic heterocycles. The highest BCUT2D eigenvalue weighted by Gasteiger charge is 2.24. The van der Waals surface area contributed by atoms with Crippen LogP contribution in [0.2, 0.25) is 0 Å². The molecule has 0 radical (unpaired) electrons. The van der Waals surface area contributed by atoms with Crippen molar-refractivity contribution in [3.63, 3.8) is 0 Å².